The van der Waals surface area contributed by atoms with E-state index in [4.69, 9.17) is 0 Å². The van der Waals surface area contributed by atoms with Crippen LogP contribution in [0.2, 0.25) is 0 Å². The van der Waals surface area contributed by atoms with Gasteiger partial charge in [-0.05, 0) is 70.6 Å². The Hall–Kier alpha value is -0.320. The summed E-state index contributed by atoms with van der Waals surface area (Å²) in [7, 11) is 0. The van der Waals surface area contributed by atoms with E-state index in [1.807, 2.05) is 0 Å². The van der Waals surface area contributed by atoms with Crippen LogP contribution in [-0.4, -0.2) is 49.1 Å². The summed E-state index contributed by atoms with van der Waals surface area (Å²) in [5, 5.41) is 6.72. The van der Waals surface area contributed by atoms with Crippen LogP contribution < -0.4 is 10.6 Å². The first-order valence-electron chi connectivity index (χ1n) is 10.0. The maximum atomic E-state index is 12.4. The lowest BCUT2D eigenvalue weighted by atomic mass is 9.79. The van der Waals surface area contributed by atoms with Crippen LogP contribution in [0.4, 0.5) is 0 Å². The van der Waals surface area contributed by atoms with E-state index < -0.39 is 0 Å². The zero-order chi connectivity index (χ0) is 16.0. The minimum Gasteiger partial charge on any atom is -0.354 e. The molecule has 0 aromatic heterocycles. The average Bonchev–Trinajstić information content (AvgIpc) is 2.62. The van der Waals surface area contributed by atoms with E-state index in [0.29, 0.717) is 11.8 Å². The Bertz CT molecular complexity index is 373. The second-order valence-electron chi connectivity index (χ2n) is 8.01. The Morgan fingerprint density at radius 3 is 2.29 bits per heavy atom. The molecule has 3 rings (SSSR count). The summed E-state index contributed by atoms with van der Waals surface area (Å²) >= 11 is 0. The highest BCUT2D eigenvalue weighted by Crippen LogP contribution is 2.35. The van der Waals surface area contributed by atoms with Gasteiger partial charge in [-0.15, -0.1) is 12.4 Å². The molecular weight excluding hydrogens is 322 g/mol. The van der Waals surface area contributed by atoms with Crippen molar-refractivity contribution in [2.45, 2.75) is 76.2 Å². The van der Waals surface area contributed by atoms with Crippen molar-refractivity contribution in [3.05, 3.63) is 0 Å². The average molecular weight is 358 g/mol. The van der Waals surface area contributed by atoms with Gasteiger partial charge < -0.3 is 10.6 Å². The number of halogens is 1. The molecule has 2 saturated heterocycles. The minimum absolute atomic E-state index is 0. The Labute approximate surface area is 153 Å². The maximum absolute atomic E-state index is 12.4. The zero-order valence-corrected chi connectivity index (χ0v) is 16.0. The number of piperidine rings is 2. The highest BCUT2D eigenvalue weighted by atomic mass is 35.5. The number of amides is 1. The van der Waals surface area contributed by atoms with Crippen LogP contribution >= 0.6 is 12.4 Å². The maximum Gasteiger partial charge on any atom is 0.220 e. The van der Waals surface area contributed by atoms with Crippen LogP contribution in [0.3, 0.4) is 0 Å². The lowest BCUT2D eigenvalue weighted by Gasteiger charge is -2.48. The number of hydrogen-bond acceptors (Lipinski definition) is 3. The van der Waals surface area contributed by atoms with Gasteiger partial charge in [0.15, 0.2) is 0 Å². The molecule has 3 aliphatic rings. The summed E-state index contributed by atoms with van der Waals surface area (Å²) in [6.45, 7) is 5.52. The molecule has 1 aliphatic carbocycles. The van der Waals surface area contributed by atoms with Gasteiger partial charge in [-0.3, -0.25) is 9.69 Å². The lowest BCUT2D eigenvalue weighted by Crippen LogP contribution is -2.58. The molecule has 4 nitrogen and oxygen atoms in total. The van der Waals surface area contributed by atoms with Gasteiger partial charge in [0.05, 0.1) is 0 Å². The first-order chi connectivity index (χ1) is 11.3. The van der Waals surface area contributed by atoms with E-state index in [1.165, 1.54) is 64.5 Å². The van der Waals surface area contributed by atoms with Gasteiger partial charge in [-0.2, -0.15) is 0 Å². The summed E-state index contributed by atoms with van der Waals surface area (Å²) in [6.07, 6.45) is 13.7. The molecule has 0 unspecified atom stereocenters. The van der Waals surface area contributed by atoms with Gasteiger partial charge in [0.25, 0.3) is 0 Å². The number of likely N-dealkylation sites (tertiary alicyclic amines) is 1. The Balaban J connectivity index is 0.00000208. The molecule has 1 amide bonds. The van der Waals surface area contributed by atoms with Crippen molar-refractivity contribution in [3.8, 4) is 0 Å². The SMILES string of the molecule is Cl.O=C(CC1CCNCC1)NCC1(N2CCCCC2)CCCCC1. The molecular formula is C19H36ClN3O. The fraction of sp³-hybridized carbons (Fsp3) is 0.947. The second kappa shape index (κ2) is 9.98. The largest absolute Gasteiger partial charge is 0.354 e. The fourth-order valence-electron chi connectivity index (χ4n) is 4.87. The fourth-order valence-corrected chi connectivity index (χ4v) is 4.87. The van der Waals surface area contributed by atoms with E-state index in [0.717, 1.165) is 38.9 Å². The molecule has 2 N–H and O–H groups in total. The Kier molecular flexibility index (Phi) is 8.32. The molecule has 0 aromatic carbocycles. The van der Waals surface area contributed by atoms with Crippen molar-refractivity contribution in [2.75, 3.05) is 32.7 Å². The van der Waals surface area contributed by atoms with E-state index in [9.17, 15) is 4.79 Å². The smallest absolute Gasteiger partial charge is 0.220 e. The van der Waals surface area contributed by atoms with Crippen LogP contribution in [0.25, 0.3) is 0 Å². The van der Waals surface area contributed by atoms with Crippen molar-refractivity contribution in [1.82, 2.24) is 15.5 Å². The van der Waals surface area contributed by atoms with E-state index in [-0.39, 0.29) is 17.9 Å². The molecule has 24 heavy (non-hydrogen) atoms. The number of carbonyl (C=O) groups excluding carboxylic acids is 1. The number of nitrogens with zero attached hydrogens (tertiary/aromatic N) is 1. The topological polar surface area (TPSA) is 44.4 Å². The Morgan fingerprint density at radius 2 is 1.62 bits per heavy atom. The summed E-state index contributed by atoms with van der Waals surface area (Å²) in [5.41, 5.74) is 0.266. The molecule has 5 heteroatoms. The van der Waals surface area contributed by atoms with Crippen LogP contribution in [0.1, 0.15) is 70.6 Å². The number of carbonyl (C=O) groups is 1. The van der Waals surface area contributed by atoms with Crippen LogP contribution in [-0.2, 0) is 4.79 Å². The van der Waals surface area contributed by atoms with Crippen LogP contribution in [0, 0.1) is 5.92 Å². The van der Waals surface area contributed by atoms with Crippen molar-refractivity contribution in [2.24, 2.45) is 5.92 Å². The lowest BCUT2D eigenvalue weighted by molar-refractivity contribution is -0.123. The summed E-state index contributed by atoms with van der Waals surface area (Å²) in [6, 6.07) is 0. The molecule has 0 spiro atoms. The van der Waals surface area contributed by atoms with Crippen LogP contribution in [0.15, 0.2) is 0 Å². The highest BCUT2D eigenvalue weighted by molar-refractivity contribution is 5.85. The monoisotopic (exact) mass is 357 g/mol. The van der Waals surface area contributed by atoms with Gasteiger partial charge in [0, 0.05) is 18.5 Å². The van der Waals surface area contributed by atoms with Crippen molar-refractivity contribution < 1.29 is 4.79 Å². The minimum atomic E-state index is 0. The number of hydrogen-bond donors (Lipinski definition) is 2. The van der Waals surface area contributed by atoms with Crippen molar-refractivity contribution in [1.29, 1.82) is 0 Å². The van der Waals surface area contributed by atoms with Gasteiger partial charge in [-0.1, -0.05) is 25.7 Å². The van der Waals surface area contributed by atoms with Crippen molar-refractivity contribution in [3.63, 3.8) is 0 Å². The quantitative estimate of drug-likeness (QED) is 0.794. The standard InChI is InChI=1S/C19H35N3O.ClH/c23-18(15-17-7-11-20-12-8-17)21-16-19(9-3-1-4-10-19)22-13-5-2-6-14-22;/h17,20H,1-16H2,(H,21,23);1H. The third kappa shape index (κ3) is 5.34. The van der Waals surface area contributed by atoms with Gasteiger partial charge in [0.1, 0.15) is 0 Å². The molecule has 0 bridgehead atoms. The molecule has 140 valence electrons. The van der Waals surface area contributed by atoms with E-state index in [2.05, 4.69) is 15.5 Å². The van der Waals surface area contributed by atoms with Gasteiger partial charge in [0.2, 0.25) is 5.91 Å². The summed E-state index contributed by atoms with van der Waals surface area (Å²) in [4.78, 5) is 15.2. The number of rotatable bonds is 5. The molecule has 0 radical (unpaired) electrons. The molecule has 2 aliphatic heterocycles. The molecule has 0 atom stereocenters. The Morgan fingerprint density at radius 1 is 1.00 bits per heavy atom. The van der Waals surface area contributed by atoms with Crippen molar-refractivity contribution >= 4 is 18.3 Å². The first-order valence-corrected chi connectivity index (χ1v) is 10.0. The van der Waals surface area contributed by atoms with Gasteiger partial charge in [-0.25, -0.2) is 0 Å². The zero-order valence-electron chi connectivity index (χ0n) is 15.2. The first kappa shape index (κ1) is 20.0. The summed E-state index contributed by atoms with van der Waals surface area (Å²) in [5.74, 6) is 0.882. The van der Waals surface area contributed by atoms with E-state index >= 15 is 0 Å². The molecule has 0 aromatic rings. The molecule has 2 heterocycles. The molecule has 3 fully saturated rings. The predicted octanol–water partition coefficient (Wildman–Crippen LogP) is 3.10. The summed E-state index contributed by atoms with van der Waals surface area (Å²) < 4.78 is 0. The molecule has 1 saturated carbocycles. The normalized spacial score (nSPS) is 25.7. The third-order valence-electron chi connectivity index (χ3n) is 6.36. The highest BCUT2D eigenvalue weighted by Gasteiger charge is 2.38. The van der Waals surface area contributed by atoms with Gasteiger partial charge >= 0.3 is 0 Å². The third-order valence-corrected chi connectivity index (χ3v) is 6.36. The second-order valence-corrected chi connectivity index (χ2v) is 8.01. The number of nitrogens with one attached hydrogen (secondary N) is 2. The van der Waals surface area contributed by atoms with E-state index in [1.54, 1.807) is 0 Å². The van der Waals surface area contributed by atoms with Crippen LogP contribution in [0.5, 0.6) is 0 Å². The predicted molar refractivity (Wildman–Crippen MR) is 102 cm³/mol.